The van der Waals surface area contributed by atoms with Gasteiger partial charge in [-0.3, -0.25) is 4.90 Å². The molecule has 7 heteroatoms. The number of hydrogen-bond donors (Lipinski definition) is 1. The smallest absolute Gasteiger partial charge is 0.323 e. The van der Waals surface area contributed by atoms with Crippen molar-refractivity contribution in [3.05, 3.63) is 0 Å². The van der Waals surface area contributed by atoms with Crippen LogP contribution in [-0.4, -0.2) is 65.7 Å². The number of rotatable bonds is 5. The van der Waals surface area contributed by atoms with Gasteiger partial charge in [-0.2, -0.15) is 15.0 Å². The molecule has 116 valence electrons. The molecule has 1 aromatic rings. The Morgan fingerprint density at radius 1 is 1.24 bits per heavy atom. The van der Waals surface area contributed by atoms with Gasteiger partial charge in [0.1, 0.15) is 0 Å². The number of nitrogens with one attached hydrogen (secondary N) is 1. The average molecular weight is 292 g/mol. The highest BCUT2D eigenvalue weighted by Gasteiger charge is 2.31. The van der Waals surface area contributed by atoms with Gasteiger partial charge in [-0.25, -0.2) is 0 Å². The summed E-state index contributed by atoms with van der Waals surface area (Å²) >= 11 is 0. The molecule has 1 aromatic heterocycles. The standard InChI is InChI=1S/C14H24N6O/c1-3-9-21-14-17-12(15-2)16-13(18-14)20-8-7-19-6-4-5-11(19)10-20/h11H,3-10H2,1-2H3,(H,15,16,17,18). The number of piperazine rings is 1. The zero-order valence-electron chi connectivity index (χ0n) is 12.9. The van der Waals surface area contributed by atoms with Crippen molar-refractivity contribution < 1.29 is 4.74 Å². The minimum Gasteiger partial charge on any atom is -0.463 e. The molecule has 3 rings (SSSR count). The molecular weight excluding hydrogens is 268 g/mol. The topological polar surface area (TPSA) is 66.4 Å². The Bertz CT molecular complexity index is 483. The summed E-state index contributed by atoms with van der Waals surface area (Å²) in [6, 6.07) is 1.06. The Kier molecular flexibility index (Phi) is 4.38. The molecule has 0 radical (unpaired) electrons. The maximum Gasteiger partial charge on any atom is 0.323 e. The van der Waals surface area contributed by atoms with Crippen molar-refractivity contribution in [2.75, 3.05) is 50.1 Å². The maximum atomic E-state index is 5.58. The predicted molar refractivity (Wildman–Crippen MR) is 82.0 cm³/mol. The summed E-state index contributed by atoms with van der Waals surface area (Å²) in [5, 5.41) is 2.99. The Balaban J connectivity index is 1.76. The van der Waals surface area contributed by atoms with Gasteiger partial charge in [0.25, 0.3) is 0 Å². The zero-order chi connectivity index (χ0) is 14.7. The number of fused-ring (bicyclic) bond motifs is 1. The predicted octanol–water partition coefficient (Wildman–Crippen LogP) is 0.986. The van der Waals surface area contributed by atoms with Crippen molar-refractivity contribution in [2.45, 2.75) is 32.2 Å². The molecule has 0 aromatic carbocycles. The molecule has 1 atom stereocenters. The first-order valence-electron chi connectivity index (χ1n) is 7.85. The normalized spacial score (nSPS) is 22.2. The summed E-state index contributed by atoms with van der Waals surface area (Å²) in [5.41, 5.74) is 0. The van der Waals surface area contributed by atoms with Gasteiger partial charge in [-0.1, -0.05) is 6.92 Å². The van der Waals surface area contributed by atoms with Crippen molar-refractivity contribution in [1.29, 1.82) is 0 Å². The van der Waals surface area contributed by atoms with Gasteiger partial charge in [0.05, 0.1) is 6.61 Å². The minimum absolute atomic E-state index is 0.417. The van der Waals surface area contributed by atoms with E-state index in [1.165, 1.54) is 19.4 Å². The second-order valence-electron chi connectivity index (χ2n) is 5.62. The lowest BCUT2D eigenvalue weighted by atomic mass is 10.2. The lowest BCUT2D eigenvalue weighted by Crippen LogP contribution is -2.50. The van der Waals surface area contributed by atoms with Crippen LogP contribution in [0.25, 0.3) is 0 Å². The fourth-order valence-corrected chi connectivity index (χ4v) is 3.03. The summed E-state index contributed by atoms with van der Waals surface area (Å²) in [4.78, 5) is 18.1. The van der Waals surface area contributed by atoms with Gasteiger partial charge < -0.3 is 15.0 Å². The highest BCUT2D eigenvalue weighted by Crippen LogP contribution is 2.24. The zero-order valence-corrected chi connectivity index (χ0v) is 12.9. The third-order valence-corrected chi connectivity index (χ3v) is 4.13. The fourth-order valence-electron chi connectivity index (χ4n) is 3.03. The molecule has 1 unspecified atom stereocenters. The van der Waals surface area contributed by atoms with E-state index in [1.54, 1.807) is 0 Å². The van der Waals surface area contributed by atoms with E-state index in [4.69, 9.17) is 4.74 Å². The van der Waals surface area contributed by atoms with E-state index < -0.39 is 0 Å². The molecule has 2 fully saturated rings. The summed E-state index contributed by atoms with van der Waals surface area (Å²) in [5.74, 6) is 1.30. The SMILES string of the molecule is CCCOc1nc(NC)nc(N2CCN3CCCC3C2)n1. The van der Waals surface area contributed by atoms with Crippen molar-refractivity contribution in [3.8, 4) is 6.01 Å². The minimum atomic E-state index is 0.417. The van der Waals surface area contributed by atoms with E-state index >= 15 is 0 Å². The van der Waals surface area contributed by atoms with Crippen LogP contribution in [0.5, 0.6) is 6.01 Å². The van der Waals surface area contributed by atoms with E-state index in [1.807, 2.05) is 7.05 Å². The van der Waals surface area contributed by atoms with Crippen LogP contribution in [0.4, 0.5) is 11.9 Å². The number of hydrogen-bond acceptors (Lipinski definition) is 7. The van der Waals surface area contributed by atoms with Gasteiger partial charge >= 0.3 is 6.01 Å². The third kappa shape index (κ3) is 3.18. The average Bonchev–Trinajstić information content (AvgIpc) is 3.00. The molecule has 0 aliphatic carbocycles. The van der Waals surface area contributed by atoms with Gasteiger partial charge in [-0.05, 0) is 25.8 Å². The second kappa shape index (κ2) is 6.43. The highest BCUT2D eigenvalue weighted by atomic mass is 16.5. The highest BCUT2D eigenvalue weighted by molar-refractivity contribution is 5.39. The quantitative estimate of drug-likeness (QED) is 0.868. The summed E-state index contributed by atoms with van der Waals surface area (Å²) in [7, 11) is 1.82. The first-order chi connectivity index (χ1) is 10.3. The Labute approximate surface area is 125 Å². The largest absolute Gasteiger partial charge is 0.463 e. The van der Waals surface area contributed by atoms with Crippen LogP contribution in [-0.2, 0) is 0 Å². The lowest BCUT2D eigenvalue weighted by molar-refractivity contribution is 0.229. The van der Waals surface area contributed by atoms with Gasteiger partial charge in [0.2, 0.25) is 11.9 Å². The van der Waals surface area contributed by atoms with Crippen LogP contribution in [0.2, 0.25) is 0 Å². The summed E-state index contributed by atoms with van der Waals surface area (Å²) in [6.07, 6.45) is 3.53. The monoisotopic (exact) mass is 292 g/mol. The third-order valence-electron chi connectivity index (χ3n) is 4.13. The summed E-state index contributed by atoms with van der Waals surface area (Å²) < 4.78 is 5.58. The Hall–Kier alpha value is -1.63. The van der Waals surface area contributed by atoms with E-state index in [0.29, 0.717) is 24.6 Å². The molecule has 0 amide bonds. The van der Waals surface area contributed by atoms with Crippen molar-refractivity contribution in [1.82, 2.24) is 19.9 Å². The van der Waals surface area contributed by atoms with E-state index in [0.717, 1.165) is 32.0 Å². The lowest BCUT2D eigenvalue weighted by Gasteiger charge is -2.37. The maximum absolute atomic E-state index is 5.58. The molecule has 2 aliphatic rings. The van der Waals surface area contributed by atoms with E-state index in [9.17, 15) is 0 Å². The van der Waals surface area contributed by atoms with Crippen LogP contribution in [0.3, 0.4) is 0 Å². The van der Waals surface area contributed by atoms with Crippen molar-refractivity contribution >= 4 is 11.9 Å². The Morgan fingerprint density at radius 3 is 2.95 bits per heavy atom. The van der Waals surface area contributed by atoms with Gasteiger partial charge in [0, 0.05) is 32.7 Å². The first-order valence-corrected chi connectivity index (χ1v) is 7.85. The van der Waals surface area contributed by atoms with Crippen molar-refractivity contribution in [2.24, 2.45) is 0 Å². The van der Waals surface area contributed by atoms with Crippen LogP contribution < -0.4 is 15.0 Å². The molecular formula is C14H24N6O. The van der Waals surface area contributed by atoms with Crippen molar-refractivity contribution in [3.63, 3.8) is 0 Å². The molecule has 7 nitrogen and oxygen atoms in total. The van der Waals surface area contributed by atoms with Crippen LogP contribution in [0, 0.1) is 0 Å². The Morgan fingerprint density at radius 2 is 2.14 bits per heavy atom. The van der Waals surface area contributed by atoms with E-state index in [2.05, 4.69) is 37.0 Å². The molecule has 0 bridgehead atoms. The van der Waals surface area contributed by atoms with E-state index in [-0.39, 0.29) is 0 Å². The molecule has 21 heavy (non-hydrogen) atoms. The molecule has 1 N–H and O–H groups in total. The molecule has 2 saturated heterocycles. The van der Waals surface area contributed by atoms with Crippen LogP contribution in [0.15, 0.2) is 0 Å². The van der Waals surface area contributed by atoms with Crippen LogP contribution in [0.1, 0.15) is 26.2 Å². The van der Waals surface area contributed by atoms with Gasteiger partial charge in [0.15, 0.2) is 0 Å². The molecule has 3 heterocycles. The molecule has 0 saturated carbocycles. The number of aromatic nitrogens is 3. The summed E-state index contributed by atoms with van der Waals surface area (Å²) in [6.45, 7) is 7.00. The second-order valence-corrected chi connectivity index (χ2v) is 5.62. The molecule has 0 spiro atoms. The number of ether oxygens (including phenoxy) is 1. The number of anilines is 2. The van der Waals surface area contributed by atoms with Gasteiger partial charge in [-0.15, -0.1) is 0 Å². The van der Waals surface area contributed by atoms with Crippen LogP contribution >= 0.6 is 0 Å². The molecule has 2 aliphatic heterocycles. The number of nitrogens with zero attached hydrogens (tertiary/aromatic N) is 5. The fraction of sp³-hybridized carbons (Fsp3) is 0.786. The first kappa shape index (κ1) is 14.3.